The topological polar surface area (TPSA) is 92.3 Å². The fourth-order valence-electron chi connectivity index (χ4n) is 3.10. The van der Waals surface area contributed by atoms with Gasteiger partial charge in [0.15, 0.2) is 9.84 Å². The molecule has 2 N–H and O–H groups in total. The van der Waals surface area contributed by atoms with Crippen LogP contribution >= 0.6 is 0 Å². The summed E-state index contributed by atoms with van der Waals surface area (Å²) in [7, 11) is -3.04. The van der Waals surface area contributed by atoms with Crippen LogP contribution in [0.25, 0.3) is 0 Å². The van der Waals surface area contributed by atoms with E-state index in [-0.39, 0.29) is 29.4 Å². The number of rotatable bonds is 4. The Morgan fingerprint density at radius 3 is 2.15 bits per heavy atom. The van der Waals surface area contributed by atoms with Crippen molar-refractivity contribution in [2.24, 2.45) is 0 Å². The van der Waals surface area contributed by atoms with Crippen LogP contribution in [0, 0.1) is 13.8 Å². The van der Waals surface area contributed by atoms with Crippen molar-refractivity contribution >= 4 is 27.3 Å². The highest BCUT2D eigenvalue weighted by atomic mass is 32.2. The molecule has 2 aromatic rings. The molecule has 0 aliphatic carbocycles. The zero-order chi connectivity index (χ0) is 19.6. The van der Waals surface area contributed by atoms with Gasteiger partial charge in [0.2, 0.25) is 0 Å². The molecule has 1 fully saturated rings. The standard InChI is InChI=1S/C20H22N2O4S/c1-13-3-8-18(14(2)11-13)22-20(24)16-6-4-15(5-7-16)19(23)21-17-9-10-27(25,26)12-17/h3-8,11,17H,9-10,12H2,1-2H3,(H,21,23)(H,22,24). The average Bonchev–Trinajstić information content (AvgIpc) is 2.96. The number of hydrogen-bond acceptors (Lipinski definition) is 4. The summed E-state index contributed by atoms with van der Waals surface area (Å²) in [5, 5.41) is 5.60. The van der Waals surface area contributed by atoms with Gasteiger partial charge >= 0.3 is 0 Å². The summed E-state index contributed by atoms with van der Waals surface area (Å²) < 4.78 is 23.0. The minimum atomic E-state index is -3.04. The lowest BCUT2D eigenvalue weighted by Gasteiger charge is -2.12. The molecule has 0 radical (unpaired) electrons. The average molecular weight is 386 g/mol. The molecule has 2 amide bonds. The number of nitrogens with one attached hydrogen (secondary N) is 2. The zero-order valence-electron chi connectivity index (χ0n) is 15.3. The van der Waals surface area contributed by atoms with E-state index in [2.05, 4.69) is 10.6 Å². The molecule has 6 nitrogen and oxygen atoms in total. The van der Waals surface area contributed by atoms with Crippen LogP contribution in [-0.2, 0) is 9.84 Å². The predicted octanol–water partition coefficient (Wildman–Crippen LogP) is 2.47. The number of carbonyl (C=O) groups is 2. The van der Waals surface area contributed by atoms with Crippen LogP contribution in [0.1, 0.15) is 38.3 Å². The van der Waals surface area contributed by atoms with Crippen molar-refractivity contribution in [1.29, 1.82) is 0 Å². The summed E-state index contributed by atoms with van der Waals surface area (Å²) in [5.41, 5.74) is 3.67. The second kappa shape index (κ2) is 7.52. The first kappa shape index (κ1) is 19.1. The molecule has 0 bridgehead atoms. The van der Waals surface area contributed by atoms with E-state index in [1.807, 2.05) is 32.0 Å². The molecule has 1 unspecified atom stereocenters. The van der Waals surface area contributed by atoms with Crippen LogP contribution in [0.5, 0.6) is 0 Å². The summed E-state index contributed by atoms with van der Waals surface area (Å²) in [4.78, 5) is 24.7. The Morgan fingerprint density at radius 2 is 1.59 bits per heavy atom. The Morgan fingerprint density at radius 1 is 0.963 bits per heavy atom. The first-order valence-electron chi connectivity index (χ1n) is 8.73. The summed E-state index contributed by atoms with van der Waals surface area (Å²) >= 11 is 0. The number of benzene rings is 2. The molecule has 27 heavy (non-hydrogen) atoms. The molecule has 1 aliphatic heterocycles. The first-order chi connectivity index (χ1) is 12.7. The molecule has 142 valence electrons. The van der Waals surface area contributed by atoms with Gasteiger partial charge in [-0.15, -0.1) is 0 Å². The van der Waals surface area contributed by atoms with Crippen LogP contribution in [0.3, 0.4) is 0 Å². The predicted molar refractivity (Wildman–Crippen MR) is 105 cm³/mol. The number of sulfone groups is 1. The van der Waals surface area contributed by atoms with Gasteiger partial charge in [0, 0.05) is 22.9 Å². The third kappa shape index (κ3) is 4.74. The normalized spacial score (nSPS) is 18.1. The van der Waals surface area contributed by atoms with E-state index < -0.39 is 9.84 Å². The minimum Gasteiger partial charge on any atom is -0.348 e. The number of aryl methyl sites for hydroxylation is 2. The quantitative estimate of drug-likeness (QED) is 0.844. The van der Waals surface area contributed by atoms with Crippen molar-refractivity contribution in [2.45, 2.75) is 26.3 Å². The van der Waals surface area contributed by atoms with Crippen molar-refractivity contribution in [3.8, 4) is 0 Å². The Kier molecular flexibility index (Phi) is 5.32. The molecule has 2 aromatic carbocycles. The highest BCUT2D eigenvalue weighted by Crippen LogP contribution is 2.17. The fraction of sp³-hybridized carbons (Fsp3) is 0.300. The molecule has 1 aliphatic rings. The second-order valence-corrected chi connectivity index (χ2v) is 9.15. The molecular weight excluding hydrogens is 364 g/mol. The minimum absolute atomic E-state index is 0.0187. The van der Waals surface area contributed by atoms with E-state index in [1.165, 1.54) is 0 Å². The Hall–Kier alpha value is -2.67. The summed E-state index contributed by atoms with van der Waals surface area (Å²) in [6, 6.07) is 11.7. The first-order valence-corrected chi connectivity index (χ1v) is 10.6. The molecule has 0 saturated carbocycles. The van der Waals surface area contributed by atoms with Gasteiger partial charge in [-0.1, -0.05) is 17.7 Å². The largest absolute Gasteiger partial charge is 0.348 e. The maximum Gasteiger partial charge on any atom is 0.255 e. The van der Waals surface area contributed by atoms with Gasteiger partial charge in [-0.25, -0.2) is 8.42 Å². The van der Waals surface area contributed by atoms with Crippen molar-refractivity contribution in [1.82, 2.24) is 5.32 Å². The van der Waals surface area contributed by atoms with E-state index >= 15 is 0 Å². The van der Waals surface area contributed by atoms with Crippen LogP contribution < -0.4 is 10.6 Å². The third-order valence-electron chi connectivity index (χ3n) is 4.61. The molecule has 0 spiro atoms. The van der Waals surface area contributed by atoms with Gasteiger partial charge < -0.3 is 10.6 Å². The maximum atomic E-state index is 12.4. The van der Waals surface area contributed by atoms with Crippen molar-refractivity contribution in [3.05, 3.63) is 64.7 Å². The van der Waals surface area contributed by atoms with Gasteiger partial charge in [-0.2, -0.15) is 0 Å². The second-order valence-electron chi connectivity index (χ2n) is 6.92. The SMILES string of the molecule is Cc1ccc(NC(=O)c2ccc(C(=O)NC3CCS(=O)(=O)C3)cc2)c(C)c1. The van der Waals surface area contributed by atoms with E-state index in [4.69, 9.17) is 0 Å². The van der Waals surface area contributed by atoms with E-state index in [1.54, 1.807) is 24.3 Å². The monoisotopic (exact) mass is 386 g/mol. The van der Waals surface area contributed by atoms with Crippen molar-refractivity contribution in [2.75, 3.05) is 16.8 Å². The highest BCUT2D eigenvalue weighted by Gasteiger charge is 2.29. The van der Waals surface area contributed by atoms with Crippen molar-refractivity contribution < 1.29 is 18.0 Å². The van der Waals surface area contributed by atoms with E-state index in [0.717, 1.165) is 16.8 Å². The summed E-state index contributed by atoms with van der Waals surface area (Å²) in [5.74, 6) is -0.501. The molecule has 0 aromatic heterocycles. The van der Waals surface area contributed by atoms with E-state index in [9.17, 15) is 18.0 Å². The Bertz CT molecular complexity index is 982. The zero-order valence-corrected chi connectivity index (χ0v) is 16.1. The van der Waals surface area contributed by atoms with Gasteiger partial charge in [0.1, 0.15) is 0 Å². The number of carbonyl (C=O) groups excluding carboxylic acids is 2. The molecular formula is C20H22N2O4S. The van der Waals surface area contributed by atoms with Crippen LogP contribution in [0.15, 0.2) is 42.5 Å². The van der Waals surface area contributed by atoms with Crippen LogP contribution in [0.4, 0.5) is 5.69 Å². The lowest BCUT2D eigenvalue weighted by Crippen LogP contribution is -2.35. The maximum absolute atomic E-state index is 12.4. The van der Waals surface area contributed by atoms with Gasteiger partial charge in [0.25, 0.3) is 11.8 Å². The van der Waals surface area contributed by atoms with Crippen LogP contribution in [-0.4, -0.2) is 37.8 Å². The summed E-state index contributed by atoms with van der Waals surface area (Å²) in [6.07, 6.45) is 0.435. The number of anilines is 1. The van der Waals surface area contributed by atoms with Crippen molar-refractivity contribution in [3.63, 3.8) is 0 Å². The van der Waals surface area contributed by atoms with Gasteiger partial charge in [0.05, 0.1) is 11.5 Å². The van der Waals surface area contributed by atoms with E-state index in [0.29, 0.717) is 17.5 Å². The number of amides is 2. The third-order valence-corrected chi connectivity index (χ3v) is 6.37. The van der Waals surface area contributed by atoms with Gasteiger partial charge in [-0.3, -0.25) is 9.59 Å². The molecule has 1 atom stereocenters. The molecule has 1 saturated heterocycles. The lowest BCUT2D eigenvalue weighted by atomic mass is 10.1. The fourth-order valence-corrected chi connectivity index (χ4v) is 4.77. The lowest BCUT2D eigenvalue weighted by molar-refractivity contribution is 0.0939. The Balaban J connectivity index is 1.64. The molecule has 1 heterocycles. The molecule has 7 heteroatoms. The molecule has 3 rings (SSSR count). The highest BCUT2D eigenvalue weighted by molar-refractivity contribution is 7.91. The van der Waals surface area contributed by atoms with Gasteiger partial charge in [-0.05, 0) is 56.2 Å². The smallest absolute Gasteiger partial charge is 0.255 e. The Labute approximate surface area is 158 Å². The summed E-state index contributed by atoms with van der Waals surface area (Å²) in [6.45, 7) is 3.92. The number of hydrogen-bond donors (Lipinski definition) is 2. The van der Waals surface area contributed by atoms with Crippen LogP contribution in [0.2, 0.25) is 0 Å².